The molecule has 1 heterocycles. The van der Waals surface area contributed by atoms with Gasteiger partial charge in [-0.1, -0.05) is 0 Å². The molecular formula is C10H20N2O2. The van der Waals surface area contributed by atoms with Gasteiger partial charge in [-0.3, -0.25) is 4.79 Å². The van der Waals surface area contributed by atoms with Crippen molar-refractivity contribution >= 4 is 12.2 Å². The van der Waals surface area contributed by atoms with Gasteiger partial charge in [-0.05, 0) is 33.7 Å². The molecule has 2 unspecified atom stereocenters. The maximum Gasteiger partial charge on any atom is 0.221 e. The molecule has 4 heteroatoms. The average Bonchev–Trinajstić information content (AvgIpc) is 2.10. The molecule has 1 saturated heterocycles. The summed E-state index contributed by atoms with van der Waals surface area (Å²) in [5.41, 5.74) is 5.21. The maximum atomic E-state index is 10.8. The predicted octanol–water partition coefficient (Wildman–Crippen LogP) is 0.407. The number of piperidine rings is 1. The molecule has 0 aromatic carbocycles. The first-order valence-corrected chi connectivity index (χ1v) is 4.92. The number of rotatable bonds is 1. The number of nitrogens with two attached hydrogens (primary N) is 1. The number of hydrogen-bond acceptors (Lipinski definition) is 3. The highest BCUT2D eigenvalue weighted by Crippen LogP contribution is 2.19. The zero-order valence-corrected chi connectivity index (χ0v) is 9.19. The molecular weight excluding hydrogens is 180 g/mol. The third-order valence-electron chi connectivity index (χ3n) is 2.60. The van der Waals surface area contributed by atoms with Crippen LogP contribution in [0.1, 0.15) is 26.7 Å². The number of likely N-dealkylation sites (tertiary alicyclic amines) is 1. The SMILES string of the molecule is CC1CCC(C(N)=O)CN1C.CC=O. The van der Waals surface area contributed by atoms with Gasteiger partial charge in [0.05, 0.1) is 5.92 Å². The normalized spacial score (nSPS) is 27.4. The molecule has 1 aliphatic rings. The molecule has 1 fully saturated rings. The van der Waals surface area contributed by atoms with E-state index in [0.29, 0.717) is 6.04 Å². The Bertz CT molecular complexity index is 195. The second-order valence-electron chi connectivity index (χ2n) is 3.70. The molecule has 0 aliphatic carbocycles. The number of amides is 1. The van der Waals surface area contributed by atoms with E-state index in [4.69, 9.17) is 10.5 Å². The highest BCUT2D eigenvalue weighted by Gasteiger charge is 2.25. The van der Waals surface area contributed by atoms with Gasteiger partial charge in [-0.15, -0.1) is 0 Å². The van der Waals surface area contributed by atoms with E-state index < -0.39 is 0 Å². The van der Waals surface area contributed by atoms with E-state index in [1.807, 2.05) is 7.05 Å². The van der Waals surface area contributed by atoms with Crippen LogP contribution in [0, 0.1) is 5.92 Å². The Hall–Kier alpha value is -0.900. The van der Waals surface area contributed by atoms with E-state index in [9.17, 15) is 4.79 Å². The Morgan fingerprint density at radius 1 is 1.50 bits per heavy atom. The largest absolute Gasteiger partial charge is 0.369 e. The summed E-state index contributed by atoms with van der Waals surface area (Å²) in [6.45, 7) is 4.45. The van der Waals surface area contributed by atoms with Crippen LogP contribution < -0.4 is 5.73 Å². The molecule has 0 aromatic heterocycles. The minimum Gasteiger partial charge on any atom is -0.369 e. The van der Waals surface area contributed by atoms with Crippen molar-refractivity contribution in [2.24, 2.45) is 11.7 Å². The molecule has 0 saturated carbocycles. The fourth-order valence-electron chi connectivity index (χ4n) is 1.51. The van der Waals surface area contributed by atoms with Crippen molar-refractivity contribution in [3.05, 3.63) is 0 Å². The number of carbonyl (C=O) groups is 2. The fraction of sp³-hybridized carbons (Fsp3) is 0.800. The minimum absolute atomic E-state index is 0.0798. The molecule has 0 aromatic rings. The highest BCUT2D eigenvalue weighted by molar-refractivity contribution is 5.76. The van der Waals surface area contributed by atoms with Crippen LogP contribution in [0.15, 0.2) is 0 Å². The van der Waals surface area contributed by atoms with Crippen molar-refractivity contribution in [1.29, 1.82) is 0 Å². The summed E-state index contributed by atoms with van der Waals surface area (Å²) in [6.07, 6.45) is 2.80. The molecule has 82 valence electrons. The van der Waals surface area contributed by atoms with E-state index in [0.717, 1.165) is 25.7 Å². The van der Waals surface area contributed by atoms with Crippen molar-refractivity contribution in [2.45, 2.75) is 32.7 Å². The molecule has 2 atom stereocenters. The Balaban J connectivity index is 0.000000500. The van der Waals surface area contributed by atoms with Crippen LogP contribution in [0.4, 0.5) is 0 Å². The standard InChI is InChI=1S/C8H16N2O.C2H4O/c1-6-3-4-7(8(9)11)5-10(6)2;1-2-3/h6-7H,3-5H2,1-2H3,(H2,9,11);2H,1H3. The molecule has 14 heavy (non-hydrogen) atoms. The third kappa shape index (κ3) is 4.37. The van der Waals surface area contributed by atoms with E-state index in [2.05, 4.69) is 11.8 Å². The van der Waals surface area contributed by atoms with Crippen LogP contribution in [-0.4, -0.2) is 36.7 Å². The summed E-state index contributed by atoms with van der Waals surface area (Å²) in [5.74, 6) is -0.0695. The van der Waals surface area contributed by atoms with Crippen LogP contribution in [0.3, 0.4) is 0 Å². The highest BCUT2D eigenvalue weighted by atomic mass is 16.1. The van der Waals surface area contributed by atoms with Gasteiger partial charge in [0, 0.05) is 12.6 Å². The lowest BCUT2D eigenvalue weighted by atomic mass is 9.94. The van der Waals surface area contributed by atoms with Gasteiger partial charge in [0.2, 0.25) is 5.91 Å². The van der Waals surface area contributed by atoms with Gasteiger partial charge in [-0.2, -0.15) is 0 Å². The summed E-state index contributed by atoms with van der Waals surface area (Å²) in [6, 6.07) is 0.602. The molecule has 4 nitrogen and oxygen atoms in total. The van der Waals surface area contributed by atoms with Crippen LogP contribution in [0.5, 0.6) is 0 Å². The minimum atomic E-state index is -0.149. The van der Waals surface area contributed by atoms with E-state index in [1.165, 1.54) is 6.92 Å². The van der Waals surface area contributed by atoms with Gasteiger partial charge in [-0.25, -0.2) is 0 Å². The second kappa shape index (κ2) is 6.54. The van der Waals surface area contributed by atoms with Crippen LogP contribution >= 0.6 is 0 Å². The van der Waals surface area contributed by atoms with Crippen molar-refractivity contribution in [3.8, 4) is 0 Å². The lowest BCUT2D eigenvalue weighted by Gasteiger charge is -2.33. The number of hydrogen-bond donors (Lipinski definition) is 1. The van der Waals surface area contributed by atoms with E-state index in [-0.39, 0.29) is 11.8 Å². The summed E-state index contributed by atoms with van der Waals surface area (Å²) < 4.78 is 0. The summed E-state index contributed by atoms with van der Waals surface area (Å²) in [7, 11) is 2.04. The van der Waals surface area contributed by atoms with Crippen LogP contribution in [0.25, 0.3) is 0 Å². The molecule has 0 radical (unpaired) electrons. The lowest BCUT2D eigenvalue weighted by molar-refractivity contribution is -0.123. The monoisotopic (exact) mass is 200 g/mol. The van der Waals surface area contributed by atoms with Crippen LogP contribution in [0.2, 0.25) is 0 Å². The second-order valence-corrected chi connectivity index (χ2v) is 3.70. The first kappa shape index (κ1) is 13.1. The molecule has 1 rings (SSSR count). The van der Waals surface area contributed by atoms with Gasteiger partial charge in [0.15, 0.2) is 0 Å². The molecule has 2 N–H and O–H groups in total. The topological polar surface area (TPSA) is 63.4 Å². The van der Waals surface area contributed by atoms with Crippen molar-refractivity contribution in [1.82, 2.24) is 4.90 Å². The fourth-order valence-corrected chi connectivity index (χ4v) is 1.51. The van der Waals surface area contributed by atoms with Crippen molar-refractivity contribution < 1.29 is 9.59 Å². The van der Waals surface area contributed by atoms with Crippen molar-refractivity contribution in [3.63, 3.8) is 0 Å². The third-order valence-corrected chi connectivity index (χ3v) is 2.60. The van der Waals surface area contributed by atoms with Crippen LogP contribution in [-0.2, 0) is 9.59 Å². The smallest absolute Gasteiger partial charge is 0.221 e. The Morgan fingerprint density at radius 3 is 2.36 bits per heavy atom. The Kier molecular flexibility index (Phi) is 6.12. The Morgan fingerprint density at radius 2 is 2.00 bits per heavy atom. The average molecular weight is 200 g/mol. The first-order chi connectivity index (χ1) is 6.52. The molecule has 0 spiro atoms. The number of carbonyl (C=O) groups excluding carboxylic acids is 2. The number of primary amides is 1. The van der Waals surface area contributed by atoms with Crippen molar-refractivity contribution in [2.75, 3.05) is 13.6 Å². The van der Waals surface area contributed by atoms with E-state index >= 15 is 0 Å². The summed E-state index contributed by atoms with van der Waals surface area (Å²) in [5, 5.41) is 0. The first-order valence-electron chi connectivity index (χ1n) is 4.92. The van der Waals surface area contributed by atoms with Gasteiger partial charge < -0.3 is 15.4 Å². The molecule has 0 bridgehead atoms. The van der Waals surface area contributed by atoms with E-state index in [1.54, 1.807) is 0 Å². The van der Waals surface area contributed by atoms with Gasteiger partial charge in [0.25, 0.3) is 0 Å². The van der Waals surface area contributed by atoms with Gasteiger partial charge >= 0.3 is 0 Å². The zero-order valence-electron chi connectivity index (χ0n) is 9.19. The number of nitrogens with zero attached hydrogens (tertiary/aromatic N) is 1. The molecule has 1 aliphatic heterocycles. The number of aldehydes is 1. The quantitative estimate of drug-likeness (QED) is 0.623. The lowest BCUT2D eigenvalue weighted by Crippen LogP contribution is -2.43. The van der Waals surface area contributed by atoms with Gasteiger partial charge in [0.1, 0.15) is 6.29 Å². The molecule has 1 amide bonds. The maximum absolute atomic E-state index is 10.8. The summed E-state index contributed by atoms with van der Waals surface area (Å²) in [4.78, 5) is 21.8. The Labute approximate surface area is 85.4 Å². The zero-order chi connectivity index (χ0) is 11.1. The predicted molar refractivity (Wildman–Crippen MR) is 55.7 cm³/mol. The summed E-state index contributed by atoms with van der Waals surface area (Å²) >= 11 is 0.